The SMILES string of the molecule is O=C(O)[C@@H]1[C@H](C(=O)N2CCCCCC2)[C@@H]2C=C[C@@H]1O2. The molecule has 0 saturated carbocycles. The van der Waals surface area contributed by atoms with Gasteiger partial charge in [-0.15, -0.1) is 0 Å². The normalized spacial score (nSPS) is 37.4. The minimum absolute atomic E-state index is 0.0360. The van der Waals surface area contributed by atoms with Crippen molar-refractivity contribution in [3.63, 3.8) is 0 Å². The number of fused-ring (bicyclic) bond motifs is 2. The fraction of sp³-hybridized carbons (Fsp3) is 0.714. The molecule has 104 valence electrons. The largest absolute Gasteiger partial charge is 0.481 e. The van der Waals surface area contributed by atoms with Crippen LogP contribution in [0.15, 0.2) is 12.2 Å². The number of carbonyl (C=O) groups excluding carboxylic acids is 1. The van der Waals surface area contributed by atoms with Gasteiger partial charge in [0, 0.05) is 13.1 Å². The maximum atomic E-state index is 12.6. The molecule has 2 saturated heterocycles. The smallest absolute Gasteiger partial charge is 0.310 e. The molecule has 1 amide bonds. The fourth-order valence-corrected chi connectivity index (χ4v) is 3.40. The van der Waals surface area contributed by atoms with E-state index in [1.807, 2.05) is 11.0 Å². The summed E-state index contributed by atoms with van der Waals surface area (Å²) in [5, 5.41) is 9.32. The lowest BCUT2D eigenvalue weighted by Gasteiger charge is -2.28. The molecule has 3 rings (SSSR count). The lowest BCUT2D eigenvalue weighted by Crippen LogP contribution is -2.45. The maximum absolute atomic E-state index is 12.6. The maximum Gasteiger partial charge on any atom is 0.310 e. The molecular formula is C14H19NO4. The minimum Gasteiger partial charge on any atom is -0.481 e. The van der Waals surface area contributed by atoms with Crippen LogP contribution in [0.2, 0.25) is 0 Å². The molecule has 5 nitrogen and oxygen atoms in total. The van der Waals surface area contributed by atoms with Gasteiger partial charge in [-0.3, -0.25) is 9.59 Å². The number of aliphatic carboxylic acids is 1. The van der Waals surface area contributed by atoms with Crippen molar-refractivity contribution in [2.24, 2.45) is 11.8 Å². The highest BCUT2D eigenvalue weighted by atomic mass is 16.5. The summed E-state index contributed by atoms with van der Waals surface area (Å²) in [6, 6.07) is 0. The number of nitrogens with zero attached hydrogens (tertiary/aromatic N) is 1. The van der Waals surface area contributed by atoms with Gasteiger partial charge in [-0.05, 0) is 12.8 Å². The summed E-state index contributed by atoms with van der Waals surface area (Å²) >= 11 is 0. The zero-order valence-electron chi connectivity index (χ0n) is 10.8. The first-order valence-electron chi connectivity index (χ1n) is 7.04. The molecule has 0 unspecified atom stereocenters. The molecule has 0 spiro atoms. The molecule has 0 aromatic heterocycles. The number of carbonyl (C=O) groups is 2. The number of rotatable bonds is 2. The summed E-state index contributed by atoms with van der Waals surface area (Å²) in [6.45, 7) is 1.51. The van der Waals surface area contributed by atoms with E-state index in [1.54, 1.807) is 6.08 Å². The highest BCUT2D eigenvalue weighted by molar-refractivity contribution is 5.87. The number of hydrogen-bond acceptors (Lipinski definition) is 3. The van der Waals surface area contributed by atoms with Crippen molar-refractivity contribution in [3.05, 3.63) is 12.2 Å². The molecule has 2 fully saturated rings. The van der Waals surface area contributed by atoms with Crippen LogP contribution in [0.3, 0.4) is 0 Å². The summed E-state index contributed by atoms with van der Waals surface area (Å²) in [4.78, 5) is 25.8. The van der Waals surface area contributed by atoms with E-state index in [4.69, 9.17) is 4.74 Å². The molecule has 3 heterocycles. The highest BCUT2D eigenvalue weighted by Gasteiger charge is 2.54. The average molecular weight is 265 g/mol. The van der Waals surface area contributed by atoms with Crippen molar-refractivity contribution >= 4 is 11.9 Å². The Balaban J connectivity index is 1.78. The number of likely N-dealkylation sites (tertiary alicyclic amines) is 1. The number of hydrogen-bond donors (Lipinski definition) is 1. The van der Waals surface area contributed by atoms with Crippen LogP contribution < -0.4 is 0 Å². The van der Waals surface area contributed by atoms with E-state index in [9.17, 15) is 14.7 Å². The average Bonchev–Trinajstić information content (AvgIpc) is 2.89. The molecule has 1 N–H and O–H groups in total. The Kier molecular flexibility index (Phi) is 3.31. The number of carboxylic acid groups (broad SMARTS) is 1. The van der Waals surface area contributed by atoms with E-state index >= 15 is 0 Å². The van der Waals surface area contributed by atoms with Gasteiger partial charge in [-0.25, -0.2) is 0 Å². The molecule has 5 heteroatoms. The molecule has 0 radical (unpaired) electrons. The Labute approximate surface area is 112 Å². The first-order valence-corrected chi connectivity index (χ1v) is 7.04. The van der Waals surface area contributed by atoms with Crippen LogP contribution in [0.5, 0.6) is 0 Å². The predicted molar refractivity (Wildman–Crippen MR) is 67.5 cm³/mol. The van der Waals surface area contributed by atoms with Crippen molar-refractivity contribution in [2.45, 2.75) is 37.9 Å². The predicted octanol–water partition coefficient (Wildman–Crippen LogP) is 1.04. The number of amides is 1. The molecule has 19 heavy (non-hydrogen) atoms. The van der Waals surface area contributed by atoms with Crippen molar-refractivity contribution in [1.82, 2.24) is 4.90 Å². The van der Waals surface area contributed by atoms with Crippen LogP contribution in [-0.4, -0.2) is 47.2 Å². The van der Waals surface area contributed by atoms with E-state index in [-0.39, 0.29) is 12.0 Å². The molecule has 0 aromatic rings. The summed E-state index contributed by atoms with van der Waals surface area (Å²) in [5.41, 5.74) is 0. The van der Waals surface area contributed by atoms with Gasteiger partial charge in [-0.2, -0.15) is 0 Å². The summed E-state index contributed by atoms with van der Waals surface area (Å²) in [6.07, 6.45) is 7.17. The van der Waals surface area contributed by atoms with Crippen LogP contribution in [0, 0.1) is 11.8 Å². The Hall–Kier alpha value is -1.36. The second-order valence-corrected chi connectivity index (χ2v) is 5.58. The van der Waals surface area contributed by atoms with Crippen LogP contribution in [0.4, 0.5) is 0 Å². The Morgan fingerprint density at radius 1 is 1.00 bits per heavy atom. The van der Waals surface area contributed by atoms with Gasteiger partial charge in [-0.1, -0.05) is 25.0 Å². The van der Waals surface area contributed by atoms with Crippen molar-refractivity contribution < 1.29 is 19.4 Å². The number of carboxylic acids is 1. The standard InChI is InChI=1S/C14H19NO4/c16-13(15-7-3-1-2-4-8-15)11-9-5-6-10(19-9)12(11)14(17)18/h5-6,9-12H,1-4,7-8H2,(H,17,18)/t9-,10-,11+,12-/m0/s1. The molecule has 4 atom stereocenters. The van der Waals surface area contributed by atoms with E-state index in [2.05, 4.69) is 0 Å². The van der Waals surface area contributed by atoms with Crippen molar-refractivity contribution in [3.8, 4) is 0 Å². The van der Waals surface area contributed by atoms with Crippen molar-refractivity contribution in [2.75, 3.05) is 13.1 Å². The third-order valence-corrected chi connectivity index (χ3v) is 4.39. The van der Waals surface area contributed by atoms with E-state index in [1.165, 1.54) is 0 Å². The molecular weight excluding hydrogens is 246 g/mol. The lowest BCUT2D eigenvalue weighted by molar-refractivity contribution is -0.149. The lowest BCUT2D eigenvalue weighted by atomic mass is 9.82. The Morgan fingerprint density at radius 3 is 2.16 bits per heavy atom. The fourth-order valence-electron chi connectivity index (χ4n) is 3.40. The first-order chi connectivity index (χ1) is 9.18. The van der Waals surface area contributed by atoms with Gasteiger partial charge in [0.05, 0.1) is 18.1 Å². The molecule has 3 aliphatic rings. The molecule has 0 aromatic carbocycles. The second-order valence-electron chi connectivity index (χ2n) is 5.58. The van der Waals surface area contributed by atoms with Crippen LogP contribution in [0.1, 0.15) is 25.7 Å². The Bertz CT molecular complexity index is 412. The van der Waals surface area contributed by atoms with E-state index in [0.29, 0.717) is 0 Å². The number of ether oxygens (including phenoxy) is 1. The van der Waals surface area contributed by atoms with Gasteiger partial charge in [0.15, 0.2) is 0 Å². The summed E-state index contributed by atoms with van der Waals surface area (Å²) < 4.78 is 5.56. The monoisotopic (exact) mass is 265 g/mol. The molecule has 2 bridgehead atoms. The van der Waals surface area contributed by atoms with Gasteiger partial charge in [0.2, 0.25) is 5.91 Å². The van der Waals surface area contributed by atoms with Gasteiger partial charge < -0.3 is 14.7 Å². The van der Waals surface area contributed by atoms with Gasteiger partial charge in [0.25, 0.3) is 0 Å². The van der Waals surface area contributed by atoms with Crippen LogP contribution >= 0.6 is 0 Å². The summed E-state index contributed by atoms with van der Waals surface area (Å²) in [7, 11) is 0. The van der Waals surface area contributed by atoms with Crippen molar-refractivity contribution in [1.29, 1.82) is 0 Å². The van der Waals surface area contributed by atoms with Crippen LogP contribution in [-0.2, 0) is 14.3 Å². The Morgan fingerprint density at radius 2 is 1.58 bits per heavy atom. The van der Waals surface area contributed by atoms with Gasteiger partial charge in [0.1, 0.15) is 5.92 Å². The zero-order chi connectivity index (χ0) is 13.4. The summed E-state index contributed by atoms with van der Waals surface area (Å²) in [5.74, 6) is -2.22. The minimum atomic E-state index is -0.926. The molecule has 0 aliphatic carbocycles. The highest BCUT2D eigenvalue weighted by Crippen LogP contribution is 2.40. The third kappa shape index (κ3) is 2.16. The van der Waals surface area contributed by atoms with E-state index in [0.717, 1.165) is 38.8 Å². The van der Waals surface area contributed by atoms with Gasteiger partial charge >= 0.3 is 5.97 Å². The van der Waals surface area contributed by atoms with Crippen LogP contribution in [0.25, 0.3) is 0 Å². The van der Waals surface area contributed by atoms with E-state index < -0.39 is 23.9 Å². The topological polar surface area (TPSA) is 66.8 Å². The second kappa shape index (κ2) is 4.96. The zero-order valence-corrected chi connectivity index (χ0v) is 10.8. The molecule has 3 aliphatic heterocycles. The third-order valence-electron chi connectivity index (χ3n) is 4.39. The quantitative estimate of drug-likeness (QED) is 0.758. The first kappa shape index (κ1) is 12.7.